The molecule has 2 N–H and O–H groups in total. The molecule has 5 heteroatoms. The van der Waals surface area contributed by atoms with Crippen molar-refractivity contribution >= 4 is 5.91 Å². The van der Waals surface area contributed by atoms with E-state index >= 15 is 0 Å². The van der Waals surface area contributed by atoms with Crippen LogP contribution >= 0.6 is 0 Å². The van der Waals surface area contributed by atoms with Crippen molar-refractivity contribution in [2.24, 2.45) is 5.92 Å². The highest BCUT2D eigenvalue weighted by Gasteiger charge is 2.33. The van der Waals surface area contributed by atoms with E-state index in [4.69, 9.17) is 4.74 Å². The second-order valence-corrected chi connectivity index (χ2v) is 6.45. The summed E-state index contributed by atoms with van der Waals surface area (Å²) in [6, 6.07) is 9.59. The molecule has 2 aliphatic rings. The molecule has 3 rings (SSSR count). The Morgan fingerprint density at radius 1 is 1.30 bits per heavy atom. The zero-order chi connectivity index (χ0) is 16.1. The van der Waals surface area contributed by atoms with Gasteiger partial charge < -0.3 is 20.1 Å². The monoisotopic (exact) mass is 318 g/mol. The van der Waals surface area contributed by atoms with Crippen LogP contribution in [0.2, 0.25) is 0 Å². The molecule has 0 bridgehead atoms. The summed E-state index contributed by atoms with van der Waals surface area (Å²) >= 11 is 0. The molecule has 2 aliphatic heterocycles. The summed E-state index contributed by atoms with van der Waals surface area (Å²) in [7, 11) is 0. The number of hydrogen-bond acceptors (Lipinski definition) is 4. The highest BCUT2D eigenvalue weighted by atomic mass is 16.5. The van der Waals surface area contributed by atoms with E-state index < -0.39 is 6.10 Å². The van der Waals surface area contributed by atoms with Crippen LogP contribution in [0.25, 0.3) is 0 Å². The molecule has 126 valence electrons. The molecule has 2 fully saturated rings. The maximum Gasteiger partial charge on any atom is 0.226 e. The first-order valence-corrected chi connectivity index (χ1v) is 8.57. The fraction of sp³-hybridized carbons (Fsp3) is 0.611. The predicted octanol–water partition coefficient (Wildman–Crippen LogP) is 1.34. The van der Waals surface area contributed by atoms with E-state index in [-0.39, 0.29) is 17.9 Å². The Hall–Kier alpha value is -1.43. The van der Waals surface area contributed by atoms with Crippen molar-refractivity contribution in [3.63, 3.8) is 0 Å². The molecule has 0 spiro atoms. The topological polar surface area (TPSA) is 61.8 Å². The number of piperidine rings is 1. The summed E-state index contributed by atoms with van der Waals surface area (Å²) in [6.45, 7) is 3.57. The second kappa shape index (κ2) is 7.90. The van der Waals surface area contributed by atoms with E-state index in [0.717, 1.165) is 31.5 Å². The Morgan fingerprint density at radius 3 is 2.78 bits per heavy atom. The van der Waals surface area contributed by atoms with E-state index in [9.17, 15) is 9.90 Å². The summed E-state index contributed by atoms with van der Waals surface area (Å²) in [4.78, 5) is 14.8. The third kappa shape index (κ3) is 4.10. The van der Waals surface area contributed by atoms with Gasteiger partial charge >= 0.3 is 0 Å². The Bertz CT molecular complexity index is 502. The molecule has 5 nitrogen and oxygen atoms in total. The van der Waals surface area contributed by atoms with Crippen LogP contribution < -0.4 is 5.32 Å². The van der Waals surface area contributed by atoms with E-state index in [1.54, 1.807) is 0 Å². The fourth-order valence-electron chi connectivity index (χ4n) is 3.51. The van der Waals surface area contributed by atoms with Crippen LogP contribution in [0.5, 0.6) is 0 Å². The lowest BCUT2D eigenvalue weighted by Crippen LogP contribution is -2.52. The van der Waals surface area contributed by atoms with Gasteiger partial charge in [-0.15, -0.1) is 0 Å². The van der Waals surface area contributed by atoms with Crippen LogP contribution in [0.15, 0.2) is 30.3 Å². The summed E-state index contributed by atoms with van der Waals surface area (Å²) in [5.41, 5.74) is 0.896. The summed E-state index contributed by atoms with van der Waals surface area (Å²) in [5.74, 6) is 0.353. The van der Waals surface area contributed by atoms with Crippen molar-refractivity contribution < 1.29 is 14.6 Å². The van der Waals surface area contributed by atoms with Crippen LogP contribution in [0.1, 0.15) is 30.9 Å². The van der Waals surface area contributed by atoms with Gasteiger partial charge in [0.05, 0.1) is 25.4 Å². The molecule has 2 saturated heterocycles. The highest BCUT2D eigenvalue weighted by molar-refractivity contribution is 5.79. The van der Waals surface area contributed by atoms with Gasteiger partial charge in [-0.1, -0.05) is 30.3 Å². The molecule has 0 saturated carbocycles. The van der Waals surface area contributed by atoms with Gasteiger partial charge in [0.15, 0.2) is 0 Å². The quantitative estimate of drug-likeness (QED) is 0.879. The maximum absolute atomic E-state index is 12.8. The van der Waals surface area contributed by atoms with Crippen molar-refractivity contribution in [1.82, 2.24) is 10.2 Å². The number of hydrogen-bond donors (Lipinski definition) is 2. The molecule has 1 aromatic rings. The molecule has 23 heavy (non-hydrogen) atoms. The number of benzene rings is 1. The second-order valence-electron chi connectivity index (χ2n) is 6.45. The van der Waals surface area contributed by atoms with Crippen molar-refractivity contribution in [3.8, 4) is 0 Å². The summed E-state index contributed by atoms with van der Waals surface area (Å²) < 4.78 is 5.57. The molecule has 1 amide bonds. The Kier molecular flexibility index (Phi) is 5.65. The van der Waals surface area contributed by atoms with Gasteiger partial charge in [0.1, 0.15) is 0 Å². The van der Waals surface area contributed by atoms with Crippen LogP contribution in [0.3, 0.4) is 0 Å². The average Bonchev–Trinajstić information content (AvgIpc) is 2.63. The number of carbonyl (C=O) groups excluding carboxylic acids is 1. The number of nitrogens with zero attached hydrogens (tertiary/aromatic N) is 1. The zero-order valence-corrected chi connectivity index (χ0v) is 13.5. The molecular weight excluding hydrogens is 292 g/mol. The number of aliphatic hydroxyl groups is 1. The minimum Gasteiger partial charge on any atom is -0.388 e. The lowest BCUT2D eigenvalue weighted by molar-refractivity contribution is -0.146. The van der Waals surface area contributed by atoms with Gasteiger partial charge in [-0.25, -0.2) is 0 Å². The first-order chi connectivity index (χ1) is 11.3. The van der Waals surface area contributed by atoms with Gasteiger partial charge in [0.2, 0.25) is 5.91 Å². The van der Waals surface area contributed by atoms with Crippen LogP contribution in [0, 0.1) is 5.92 Å². The SMILES string of the molecule is O=C(C1CCNCC1)N1CCOCC1CC(O)c1ccccc1. The molecule has 0 aliphatic carbocycles. The molecule has 2 heterocycles. The molecule has 0 aromatic heterocycles. The minimum atomic E-state index is -0.564. The summed E-state index contributed by atoms with van der Waals surface area (Å²) in [5, 5.41) is 13.8. The predicted molar refractivity (Wildman–Crippen MR) is 87.9 cm³/mol. The first-order valence-electron chi connectivity index (χ1n) is 8.57. The van der Waals surface area contributed by atoms with E-state index in [0.29, 0.717) is 26.2 Å². The van der Waals surface area contributed by atoms with Gasteiger partial charge in [-0.05, 0) is 31.5 Å². The molecule has 2 atom stereocenters. The van der Waals surface area contributed by atoms with Gasteiger partial charge in [-0.2, -0.15) is 0 Å². The maximum atomic E-state index is 12.8. The number of morpholine rings is 1. The minimum absolute atomic E-state index is 0.0404. The number of ether oxygens (including phenoxy) is 1. The number of aliphatic hydroxyl groups excluding tert-OH is 1. The third-order valence-corrected chi connectivity index (χ3v) is 4.88. The average molecular weight is 318 g/mol. The fourth-order valence-corrected chi connectivity index (χ4v) is 3.51. The number of amides is 1. The highest BCUT2D eigenvalue weighted by Crippen LogP contribution is 2.25. The van der Waals surface area contributed by atoms with Crippen molar-refractivity contribution in [1.29, 1.82) is 0 Å². The van der Waals surface area contributed by atoms with Crippen molar-refractivity contribution in [3.05, 3.63) is 35.9 Å². The van der Waals surface area contributed by atoms with Crippen molar-refractivity contribution in [2.75, 3.05) is 32.8 Å². The van der Waals surface area contributed by atoms with Gasteiger partial charge in [-0.3, -0.25) is 4.79 Å². The van der Waals surface area contributed by atoms with Crippen molar-refractivity contribution in [2.45, 2.75) is 31.4 Å². The number of carbonyl (C=O) groups is 1. The van der Waals surface area contributed by atoms with Crippen LogP contribution in [-0.2, 0) is 9.53 Å². The zero-order valence-electron chi connectivity index (χ0n) is 13.5. The lowest BCUT2D eigenvalue weighted by Gasteiger charge is -2.39. The summed E-state index contributed by atoms with van der Waals surface area (Å²) in [6.07, 6.45) is 1.78. The first kappa shape index (κ1) is 16.4. The largest absolute Gasteiger partial charge is 0.388 e. The molecular formula is C18H26N2O3. The normalized spacial score (nSPS) is 24.4. The third-order valence-electron chi connectivity index (χ3n) is 4.88. The molecule has 0 radical (unpaired) electrons. The van der Waals surface area contributed by atoms with Crippen LogP contribution in [0.4, 0.5) is 0 Å². The number of nitrogens with one attached hydrogen (secondary N) is 1. The van der Waals surface area contributed by atoms with Gasteiger partial charge in [0, 0.05) is 18.9 Å². The smallest absolute Gasteiger partial charge is 0.226 e. The Labute approximate surface area is 137 Å². The number of rotatable bonds is 4. The van der Waals surface area contributed by atoms with E-state index in [2.05, 4.69) is 5.32 Å². The van der Waals surface area contributed by atoms with Crippen LogP contribution in [-0.4, -0.2) is 54.8 Å². The lowest BCUT2D eigenvalue weighted by atomic mass is 9.94. The Balaban J connectivity index is 1.65. The Morgan fingerprint density at radius 2 is 2.04 bits per heavy atom. The van der Waals surface area contributed by atoms with E-state index in [1.807, 2.05) is 35.2 Å². The van der Waals surface area contributed by atoms with E-state index in [1.165, 1.54) is 0 Å². The van der Waals surface area contributed by atoms with Gasteiger partial charge in [0.25, 0.3) is 0 Å². The molecule has 2 unspecified atom stereocenters. The molecule has 1 aromatic carbocycles. The standard InChI is InChI=1S/C18H26N2O3/c21-17(14-4-2-1-3-5-14)12-16-13-23-11-10-20(16)18(22)15-6-8-19-9-7-15/h1-5,15-17,19,21H,6-13H2.